The fraction of sp³-hybridized carbons (Fsp3) is 0.538. The summed E-state index contributed by atoms with van der Waals surface area (Å²) in [5, 5.41) is 10.5. The number of benzene rings is 1. The predicted molar refractivity (Wildman–Crippen MR) is 75.4 cm³/mol. The number of aliphatic hydroxyl groups excluding tert-OH is 1. The zero-order chi connectivity index (χ0) is 12.7. The highest BCUT2D eigenvalue weighted by molar-refractivity contribution is 9.10. The van der Waals surface area contributed by atoms with Crippen LogP contribution in [0, 0.1) is 5.92 Å². The summed E-state index contributed by atoms with van der Waals surface area (Å²) in [5.74, 6) is 3.55. The minimum Gasteiger partial charge on any atom is -0.486 e. The van der Waals surface area contributed by atoms with E-state index < -0.39 is 6.10 Å². The lowest BCUT2D eigenvalue weighted by atomic mass is 9.94. The summed E-state index contributed by atoms with van der Waals surface area (Å²) >= 11 is 5.43. The van der Waals surface area contributed by atoms with Gasteiger partial charge in [0, 0.05) is 15.8 Å². The van der Waals surface area contributed by atoms with Crippen molar-refractivity contribution in [2.24, 2.45) is 5.92 Å². The molecule has 0 radical (unpaired) electrons. The minimum absolute atomic E-state index is 0.222. The summed E-state index contributed by atoms with van der Waals surface area (Å²) in [6.45, 7) is 3.19. The van der Waals surface area contributed by atoms with Crippen LogP contribution in [0.1, 0.15) is 24.2 Å². The second-order valence-electron chi connectivity index (χ2n) is 4.71. The summed E-state index contributed by atoms with van der Waals surface area (Å²) in [7, 11) is 0. The quantitative estimate of drug-likeness (QED) is 0.793. The van der Waals surface area contributed by atoms with Crippen LogP contribution >= 0.6 is 27.7 Å². The van der Waals surface area contributed by atoms with Gasteiger partial charge >= 0.3 is 0 Å². The van der Waals surface area contributed by atoms with Gasteiger partial charge in [0.25, 0.3) is 0 Å². The van der Waals surface area contributed by atoms with Crippen LogP contribution in [0.5, 0.6) is 11.5 Å². The van der Waals surface area contributed by atoms with Gasteiger partial charge in [-0.3, -0.25) is 0 Å². The Morgan fingerprint density at radius 3 is 3.00 bits per heavy atom. The third-order valence-corrected chi connectivity index (χ3v) is 5.35. The third kappa shape index (κ3) is 2.02. The molecule has 98 valence electrons. The average Bonchev–Trinajstić information content (AvgIpc) is 2.51. The largest absolute Gasteiger partial charge is 0.486 e. The second kappa shape index (κ2) is 4.94. The Labute approximate surface area is 119 Å². The summed E-state index contributed by atoms with van der Waals surface area (Å²) in [4.78, 5) is 0. The normalized spacial score (nSPS) is 26.4. The van der Waals surface area contributed by atoms with Gasteiger partial charge in [-0.05, 0) is 23.3 Å². The lowest BCUT2D eigenvalue weighted by Gasteiger charge is -2.26. The van der Waals surface area contributed by atoms with Crippen molar-refractivity contribution in [3.63, 3.8) is 0 Å². The van der Waals surface area contributed by atoms with E-state index in [0.717, 1.165) is 38.6 Å². The van der Waals surface area contributed by atoms with E-state index in [4.69, 9.17) is 9.47 Å². The number of thioether (sulfide) groups is 1. The Kier molecular flexibility index (Phi) is 3.47. The molecule has 5 heteroatoms. The van der Waals surface area contributed by atoms with Crippen LogP contribution in [0.15, 0.2) is 10.5 Å². The molecule has 0 aromatic heterocycles. The Balaban J connectivity index is 2.20. The van der Waals surface area contributed by atoms with Gasteiger partial charge in [-0.15, -0.1) is 0 Å². The van der Waals surface area contributed by atoms with Crippen LogP contribution in [0.4, 0.5) is 0 Å². The zero-order valence-electron chi connectivity index (χ0n) is 10.1. The number of halogens is 1. The second-order valence-corrected chi connectivity index (χ2v) is 6.60. The maximum Gasteiger partial charge on any atom is 0.167 e. The molecule has 0 saturated heterocycles. The van der Waals surface area contributed by atoms with E-state index in [9.17, 15) is 5.11 Å². The van der Waals surface area contributed by atoms with Crippen molar-refractivity contribution in [2.45, 2.75) is 18.8 Å². The highest BCUT2D eigenvalue weighted by Gasteiger charge is 2.31. The monoisotopic (exact) mass is 330 g/mol. The molecule has 1 aromatic carbocycles. The molecule has 3 rings (SSSR count). The van der Waals surface area contributed by atoms with Crippen molar-refractivity contribution >= 4 is 27.7 Å². The molecule has 1 aromatic rings. The van der Waals surface area contributed by atoms with Gasteiger partial charge in [0.1, 0.15) is 13.2 Å². The van der Waals surface area contributed by atoms with E-state index in [1.807, 2.05) is 17.8 Å². The third-order valence-electron chi connectivity index (χ3n) is 3.39. The van der Waals surface area contributed by atoms with Crippen LogP contribution in [-0.4, -0.2) is 24.1 Å². The molecular formula is C13H15BrO3S. The first-order valence-electron chi connectivity index (χ1n) is 6.05. The van der Waals surface area contributed by atoms with Crippen molar-refractivity contribution in [1.82, 2.24) is 0 Å². The van der Waals surface area contributed by atoms with Crippen LogP contribution in [0.2, 0.25) is 0 Å². The van der Waals surface area contributed by atoms with E-state index in [-0.39, 0.29) is 5.92 Å². The topological polar surface area (TPSA) is 38.7 Å². The van der Waals surface area contributed by atoms with E-state index in [1.54, 1.807) is 0 Å². The first-order valence-corrected chi connectivity index (χ1v) is 8.00. The Morgan fingerprint density at radius 1 is 1.39 bits per heavy atom. The molecule has 2 aliphatic rings. The summed E-state index contributed by atoms with van der Waals surface area (Å²) in [6, 6.07) is 1.95. The molecule has 0 amide bonds. The minimum atomic E-state index is -0.483. The van der Waals surface area contributed by atoms with E-state index >= 15 is 0 Å². The van der Waals surface area contributed by atoms with Gasteiger partial charge in [-0.25, -0.2) is 0 Å². The number of rotatable bonds is 0. The average molecular weight is 331 g/mol. The molecule has 2 heterocycles. The molecule has 0 fully saturated rings. The molecule has 0 bridgehead atoms. The van der Waals surface area contributed by atoms with Gasteiger partial charge in [0.15, 0.2) is 11.5 Å². The maximum atomic E-state index is 10.5. The highest BCUT2D eigenvalue weighted by Crippen LogP contribution is 2.47. The number of aliphatic hydroxyl groups is 1. The summed E-state index contributed by atoms with van der Waals surface area (Å²) in [5.41, 5.74) is 2.05. The first kappa shape index (κ1) is 12.6. The molecule has 2 aliphatic heterocycles. The Morgan fingerprint density at radius 2 is 2.17 bits per heavy atom. The van der Waals surface area contributed by atoms with Crippen LogP contribution in [0.25, 0.3) is 0 Å². The Hall–Kier alpha value is -0.390. The van der Waals surface area contributed by atoms with E-state index in [0.29, 0.717) is 13.2 Å². The molecule has 0 saturated carbocycles. The fourth-order valence-electron chi connectivity index (χ4n) is 2.40. The van der Waals surface area contributed by atoms with Crippen LogP contribution in [0.3, 0.4) is 0 Å². The molecule has 1 N–H and O–H groups in total. The molecule has 2 atom stereocenters. The van der Waals surface area contributed by atoms with Gasteiger partial charge in [0.2, 0.25) is 0 Å². The maximum absolute atomic E-state index is 10.5. The van der Waals surface area contributed by atoms with Crippen molar-refractivity contribution in [3.05, 3.63) is 21.7 Å². The smallest absolute Gasteiger partial charge is 0.167 e. The van der Waals surface area contributed by atoms with Gasteiger partial charge in [-0.1, -0.05) is 22.9 Å². The lowest BCUT2D eigenvalue weighted by molar-refractivity contribution is 0.115. The van der Waals surface area contributed by atoms with E-state index in [1.165, 1.54) is 0 Å². The van der Waals surface area contributed by atoms with Gasteiger partial charge in [0.05, 0.1) is 6.10 Å². The standard InChI is InChI=1S/C13H15BrO3S/c1-7-5-18-6-8-9(14)4-10-13(11(8)12(7)15)17-3-2-16-10/h4,7,12,15H,2-3,5-6H2,1H3. The molecular weight excluding hydrogens is 316 g/mol. The van der Waals surface area contributed by atoms with Crippen molar-refractivity contribution < 1.29 is 14.6 Å². The van der Waals surface area contributed by atoms with Gasteiger partial charge < -0.3 is 14.6 Å². The SMILES string of the molecule is CC1CSCc2c(Br)cc3c(c2C1O)OCCO3. The van der Waals surface area contributed by atoms with Crippen molar-refractivity contribution in [2.75, 3.05) is 19.0 Å². The highest BCUT2D eigenvalue weighted by atomic mass is 79.9. The lowest BCUT2D eigenvalue weighted by Crippen LogP contribution is -2.20. The molecule has 18 heavy (non-hydrogen) atoms. The number of fused-ring (bicyclic) bond motifs is 3. The van der Waals surface area contributed by atoms with Gasteiger partial charge in [-0.2, -0.15) is 11.8 Å². The first-order chi connectivity index (χ1) is 8.68. The number of hydrogen-bond donors (Lipinski definition) is 1. The predicted octanol–water partition coefficient (Wildman–Crippen LogP) is 3.14. The summed E-state index contributed by atoms with van der Waals surface area (Å²) < 4.78 is 12.4. The fourth-order valence-corrected chi connectivity index (χ4v) is 4.33. The van der Waals surface area contributed by atoms with Crippen molar-refractivity contribution in [3.8, 4) is 11.5 Å². The molecule has 3 nitrogen and oxygen atoms in total. The molecule has 0 aliphatic carbocycles. The van der Waals surface area contributed by atoms with Crippen LogP contribution < -0.4 is 9.47 Å². The van der Waals surface area contributed by atoms with Crippen molar-refractivity contribution in [1.29, 1.82) is 0 Å². The molecule has 2 unspecified atom stereocenters. The number of ether oxygens (including phenoxy) is 2. The summed E-state index contributed by atoms with van der Waals surface area (Å²) in [6.07, 6.45) is -0.483. The van der Waals surface area contributed by atoms with E-state index in [2.05, 4.69) is 22.9 Å². The zero-order valence-corrected chi connectivity index (χ0v) is 12.5. The number of hydrogen-bond acceptors (Lipinski definition) is 4. The Bertz CT molecular complexity index is 478. The van der Waals surface area contributed by atoms with Crippen LogP contribution in [-0.2, 0) is 5.75 Å². The molecule has 0 spiro atoms.